The fourth-order valence-electron chi connectivity index (χ4n) is 0. The Morgan fingerprint density at radius 1 is 2.00 bits per heavy atom. The van der Waals surface area contributed by atoms with Gasteiger partial charge in [0.05, 0.1) is 5.25 Å². The van der Waals surface area contributed by atoms with Crippen LogP contribution in [0, 0.1) is 0 Å². The number of rotatable bonds is 1. The number of carboxylic acid groups (broad SMARTS) is 1. The van der Waals surface area contributed by atoms with Crippen molar-refractivity contribution in [1.29, 1.82) is 0 Å². The molecule has 0 bridgehead atoms. The Morgan fingerprint density at radius 3 is 2.17 bits per heavy atom. The van der Waals surface area contributed by atoms with Gasteiger partial charge in [0.25, 0.3) is 0 Å². The molecule has 0 aromatic heterocycles. The predicted octanol–water partition coefficient (Wildman–Crippen LogP) is 0.389. The molecule has 0 saturated carbocycles. The molecule has 2 nitrogen and oxygen atoms in total. The molecule has 6 heavy (non-hydrogen) atoms. The average molecular weight is 106 g/mol. The molecule has 0 aliphatic carbocycles. The minimum Gasteiger partial charge on any atom is -0.480 e. The van der Waals surface area contributed by atoms with Gasteiger partial charge >= 0.3 is 5.97 Å². The van der Waals surface area contributed by atoms with Crippen molar-refractivity contribution in [3.8, 4) is 0 Å². The first-order chi connectivity index (χ1) is 2.64. The lowest BCUT2D eigenvalue weighted by Gasteiger charge is -1.88. The lowest BCUT2D eigenvalue weighted by Crippen LogP contribution is -2.06. The zero-order valence-corrected chi connectivity index (χ0v) is 4.27. The molecule has 36 valence electrons. The van der Waals surface area contributed by atoms with Crippen molar-refractivity contribution >= 4 is 18.6 Å². The maximum Gasteiger partial charge on any atom is 0.316 e. The van der Waals surface area contributed by atoms with Crippen molar-refractivity contribution in [2.75, 3.05) is 0 Å². The van der Waals surface area contributed by atoms with Gasteiger partial charge in [-0.1, -0.05) is 0 Å². The van der Waals surface area contributed by atoms with Crippen LogP contribution in [-0.4, -0.2) is 16.3 Å². The van der Waals surface area contributed by atoms with Gasteiger partial charge in [-0.15, -0.1) is 0 Å². The molecule has 0 saturated heterocycles. The van der Waals surface area contributed by atoms with Gasteiger partial charge < -0.3 is 5.11 Å². The first kappa shape index (κ1) is 5.82. The van der Waals surface area contributed by atoms with Crippen LogP contribution in [0.1, 0.15) is 6.92 Å². The summed E-state index contributed by atoms with van der Waals surface area (Å²) in [6.45, 7) is 1.51. The number of carbonyl (C=O) groups is 1. The lowest BCUT2D eigenvalue weighted by molar-refractivity contribution is -0.136. The summed E-state index contributed by atoms with van der Waals surface area (Å²) in [6.07, 6.45) is 0. The molecule has 0 aromatic carbocycles. The van der Waals surface area contributed by atoms with Crippen molar-refractivity contribution in [2.45, 2.75) is 12.2 Å². The van der Waals surface area contributed by atoms with Gasteiger partial charge in [-0.25, -0.2) is 0 Å². The molecule has 1 N–H and O–H groups in total. The second-order valence-electron chi connectivity index (χ2n) is 1.01. The van der Waals surface area contributed by atoms with Gasteiger partial charge in [-0.05, 0) is 6.92 Å². The Kier molecular flexibility index (Phi) is 2.01. The molecule has 0 aliphatic heterocycles. The molecule has 3 heteroatoms. The highest BCUT2D eigenvalue weighted by Crippen LogP contribution is 1.88. The van der Waals surface area contributed by atoms with Gasteiger partial charge in [0, 0.05) is 0 Å². The van der Waals surface area contributed by atoms with Crippen LogP contribution < -0.4 is 0 Å². The molecule has 0 amide bonds. The van der Waals surface area contributed by atoms with Crippen LogP contribution in [0.15, 0.2) is 0 Å². The Hall–Kier alpha value is -0.180. The SMILES string of the molecule is C[C@@H](S)C(=O)O. The first-order valence-electron chi connectivity index (χ1n) is 1.55. The minimum atomic E-state index is -0.877. The molecule has 0 fully saturated rings. The normalized spacial score (nSPS) is 13.7. The third kappa shape index (κ3) is 2.08. The fraction of sp³-hybridized carbons (Fsp3) is 0.667. The van der Waals surface area contributed by atoms with E-state index in [9.17, 15) is 4.79 Å². The number of hydrogen-bond acceptors (Lipinski definition) is 2. The van der Waals surface area contributed by atoms with Crippen LogP contribution in [0.4, 0.5) is 0 Å². The highest BCUT2D eigenvalue weighted by atomic mass is 32.1. The van der Waals surface area contributed by atoms with Gasteiger partial charge in [-0.3, -0.25) is 4.79 Å². The largest absolute Gasteiger partial charge is 0.480 e. The molecular weight excluding hydrogens is 100 g/mol. The topological polar surface area (TPSA) is 37.3 Å². The van der Waals surface area contributed by atoms with Gasteiger partial charge in [0.15, 0.2) is 0 Å². The van der Waals surface area contributed by atoms with Crippen LogP contribution in [0.25, 0.3) is 0 Å². The van der Waals surface area contributed by atoms with Gasteiger partial charge in [0.2, 0.25) is 0 Å². The molecule has 0 spiro atoms. The van der Waals surface area contributed by atoms with Gasteiger partial charge in [0.1, 0.15) is 0 Å². The molecule has 0 heterocycles. The molecule has 0 unspecified atom stereocenters. The van der Waals surface area contributed by atoms with Crippen LogP contribution in [-0.2, 0) is 4.79 Å². The summed E-state index contributed by atoms with van der Waals surface area (Å²) in [6, 6.07) is 0. The zero-order valence-electron chi connectivity index (χ0n) is 3.38. The van der Waals surface area contributed by atoms with Crippen molar-refractivity contribution in [1.82, 2.24) is 0 Å². The van der Waals surface area contributed by atoms with E-state index in [1.807, 2.05) is 0 Å². The van der Waals surface area contributed by atoms with E-state index in [-0.39, 0.29) is 0 Å². The summed E-state index contributed by atoms with van der Waals surface area (Å²) in [5.41, 5.74) is 0. The number of aliphatic carboxylic acids is 1. The lowest BCUT2D eigenvalue weighted by atomic mass is 10.5. The summed E-state index contributed by atoms with van der Waals surface area (Å²) in [7, 11) is 0. The summed E-state index contributed by atoms with van der Waals surface area (Å²) in [5.74, 6) is -0.877. The highest BCUT2D eigenvalue weighted by molar-refractivity contribution is 7.81. The van der Waals surface area contributed by atoms with Crippen LogP contribution >= 0.6 is 12.6 Å². The minimum absolute atomic E-state index is 0.537. The maximum atomic E-state index is 9.62. The molecule has 0 aliphatic rings. The number of carboxylic acids is 1. The monoisotopic (exact) mass is 106 g/mol. The number of hydrogen-bond donors (Lipinski definition) is 2. The third-order valence-corrected chi connectivity index (χ3v) is 0.578. The third-order valence-electron chi connectivity index (χ3n) is 0.357. The Morgan fingerprint density at radius 2 is 2.17 bits per heavy atom. The van der Waals surface area contributed by atoms with Crippen molar-refractivity contribution in [3.63, 3.8) is 0 Å². The van der Waals surface area contributed by atoms with Gasteiger partial charge in [-0.2, -0.15) is 12.6 Å². The summed E-state index contributed by atoms with van der Waals surface area (Å²) in [5, 5.41) is 7.38. The van der Waals surface area contributed by atoms with Crippen LogP contribution in [0.3, 0.4) is 0 Å². The summed E-state index contributed by atoms with van der Waals surface area (Å²) in [4.78, 5) is 9.62. The van der Waals surface area contributed by atoms with E-state index in [4.69, 9.17) is 5.11 Å². The van der Waals surface area contributed by atoms with Crippen molar-refractivity contribution < 1.29 is 9.90 Å². The van der Waals surface area contributed by atoms with E-state index in [2.05, 4.69) is 12.6 Å². The Labute approximate surface area is 41.6 Å². The molecular formula is C3H6O2S. The molecule has 0 rings (SSSR count). The predicted molar refractivity (Wildman–Crippen MR) is 26.1 cm³/mol. The fourth-order valence-corrected chi connectivity index (χ4v) is 0. The summed E-state index contributed by atoms with van der Waals surface area (Å²) < 4.78 is 0. The second kappa shape index (κ2) is 2.08. The van der Waals surface area contributed by atoms with Crippen molar-refractivity contribution in [3.05, 3.63) is 0 Å². The first-order valence-corrected chi connectivity index (χ1v) is 2.07. The zero-order chi connectivity index (χ0) is 5.15. The highest BCUT2D eigenvalue weighted by Gasteiger charge is 2.00. The second-order valence-corrected chi connectivity index (χ2v) is 1.79. The van der Waals surface area contributed by atoms with Crippen LogP contribution in [0.5, 0.6) is 0 Å². The number of thiol groups is 1. The van der Waals surface area contributed by atoms with Crippen molar-refractivity contribution in [2.24, 2.45) is 0 Å². The molecule has 0 radical (unpaired) electrons. The average Bonchev–Trinajstić information content (AvgIpc) is 1.36. The smallest absolute Gasteiger partial charge is 0.316 e. The molecule has 0 aromatic rings. The van der Waals surface area contributed by atoms with E-state index in [0.717, 1.165) is 0 Å². The Balaban J connectivity index is 3.26. The molecule has 1 atom stereocenters. The maximum absolute atomic E-state index is 9.62. The van der Waals surface area contributed by atoms with E-state index in [0.29, 0.717) is 0 Å². The van der Waals surface area contributed by atoms with Crippen LogP contribution in [0.2, 0.25) is 0 Å². The van der Waals surface area contributed by atoms with E-state index < -0.39 is 11.2 Å². The van der Waals surface area contributed by atoms with E-state index >= 15 is 0 Å². The van der Waals surface area contributed by atoms with E-state index in [1.165, 1.54) is 6.92 Å². The quantitative estimate of drug-likeness (QED) is 0.474. The Bertz CT molecular complexity index is 59.8. The van der Waals surface area contributed by atoms with E-state index in [1.54, 1.807) is 0 Å². The summed E-state index contributed by atoms with van der Waals surface area (Å²) >= 11 is 3.59. The standard InChI is InChI=1S/C3H6O2S/c1-2(6)3(4)5/h2,6H,1H3,(H,4,5)/t2-/m1/s1.